The molecule has 0 aliphatic heterocycles. The molecule has 1 saturated carbocycles. The topological polar surface area (TPSA) is 76.1 Å². The first-order valence-corrected chi connectivity index (χ1v) is 9.80. The normalized spacial score (nSPS) is 25.3. The van der Waals surface area contributed by atoms with Gasteiger partial charge in [-0.1, -0.05) is 24.3 Å². The van der Waals surface area contributed by atoms with E-state index in [1.807, 2.05) is 12.1 Å². The van der Waals surface area contributed by atoms with Crippen molar-refractivity contribution in [1.82, 2.24) is 9.71 Å². The maximum Gasteiger partial charge on any atom is 0.275 e. The second-order valence-corrected chi connectivity index (χ2v) is 9.38. The largest absolute Gasteiger partial charge is 0.275 e. The van der Waals surface area contributed by atoms with E-state index >= 15 is 0 Å². The molecule has 0 unspecified atom stereocenters. The average molecular weight is 348 g/mol. The molecule has 0 saturated heterocycles. The number of thiazole rings is 1. The molecule has 5 nitrogen and oxygen atoms in total. The summed E-state index contributed by atoms with van der Waals surface area (Å²) in [4.78, 5) is 16.4. The quantitative estimate of drug-likeness (QED) is 0.922. The van der Waals surface area contributed by atoms with E-state index in [9.17, 15) is 13.2 Å². The minimum absolute atomic E-state index is 0.0878. The van der Waals surface area contributed by atoms with Crippen molar-refractivity contribution in [3.63, 3.8) is 0 Å². The van der Waals surface area contributed by atoms with Gasteiger partial charge < -0.3 is 0 Å². The molecule has 2 aromatic rings. The van der Waals surface area contributed by atoms with Crippen LogP contribution in [-0.4, -0.2) is 19.3 Å². The number of benzene rings is 1. The van der Waals surface area contributed by atoms with Crippen LogP contribution in [0.15, 0.2) is 34.7 Å². The van der Waals surface area contributed by atoms with E-state index in [1.54, 1.807) is 6.92 Å². The molecule has 0 radical (unpaired) electrons. The Bertz CT molecular complexity index is 904. The Morgan fingerprint density at radius 1 is 1.39 bits per heavy atom. The highest BCUT2D eigenvalue weighted by molar-refractivity contribution is 7.92. The third-order valence-corrected chi connectivity index (χ3v) is 7.61. The highest BCUT2D eigenvalue weighted by atomic mass is 32.2. The Morgan fingerprint density at radius 3 is 2.91 bits per heavy atom. The Kier molecular flexibility index (Phi) is 3.15. The number of carbonyl (C=O) groups excluding carboxylic acids is 1. The van der Waals surface area contributed by atoms with Crippen molar-refractivity contribution >= 4 is 27.3 Å². The van der Waals surface area contributed by atoms with Crippen LogP contribution < -0.4 is 4.72 Å². The lowest BCUT2D eigenvalue weighted by molar-refractivity contribution is -0.121. The molecule has 0 bridgehead atoms. The molecular weight excluding hydrogens is 332 g/mol. The number of nitrogens with zero attached hydrogens (tertiary/aromatic N) is 1. The van der Waals surface area contributed by atoms with Gasteiger partial charge in [0.2, 0.25) is 5.91 Å². The van der Waals surface area contributed by atoms with Crippen LogP contribution in [0.2, 0.25) is 0 Å². The fraction of sp³-hybridized carbons (Fsp3) is 0.375. The van der Waals surface area contributed by atoms with Crippen molar-refractivity contribution < 1.29 is 13.2 Å². The fourth-order valence-electron chi connectivity index (χ4n) is 3.66. The van der Waals surface area contributed by atoms with Crippen LogP contribution in [0.5, 0.6) is 0 Å². The van der Waals surface area contributed by atoms with Crippen molar-refractivity contribution in [3.8, 4) is 0 Å². The summed E-state index contributed by atoms with van der Waals surface area (Å²) < 4.78 is 26.9. The molecule has 120 valence electrons. The number of nitrogens with one attached hydrogen (secondary N) is 1. The summed E-state index contributed by atoms with van der Waals surface area (Å²) in [5.74, 6) is -0.650. The molecule has 7 heteroatoms. The van der Waals surface area contributed by atoms with Crippen molar-refractivity contribution in [2.24, 2.45) is 5.92 Å². The number of hydrogen-bond acceptors (Lipinski definition) is 5. The van der Waals surface area contributed by atoms with Gasteiger partial charge in [-0.3, -0.25) is 4.79 Å². The number of hydrogen-bond donors (Lipinski definition) is 1. The zero-order valence-electron chi connectivity index (χ0n) is 12.6. The van der Waals surface area contributed by atoms with Gasteiger partial charge in [-0.25, -0.2) is 18.1 Å². The molecule has 1 spiro atoms. The molecule has 1 aromatic carbocycles. The number of amides is 1. The van der Waals surface area contributed by atoms with Crippen LogP contribution >= 0.6 is 11.3 Å². The van der Waals surface area contributed by atoms with Crippen LogP contribution in [0.3, 0.4) is 0 Å². The standard InChI is InChI=1S/C16H16N2O3S2/c1-10-17-9-14(22-10)23(20,21)18-15(19)13-8-16(13)7-6-11-4-2-3-5-12(11)16/h2-5,9,13H,6-8H2,1H3,(H,18,19)/t13-,16+/m0/s1. The van der Waals surface area contributed by atoms with Gasteiger partial charge in [-0.15, -0.1) is 11.3 Å². The molecule has 1 amide bonds. The smallest absolute Gasteiger partial charge is 0.274 e. The maximum atomic E-state index is 12.5. The van der Waals surface area contributed by atoms with Gasteiger partial charge >= 0.3 is 0 Å². The van der Waals surface area contributed by atoms with Crippen molar-refractivity contribution in [1.29, 1.82) is 0 Å². The summed E-state index contributed by atoms with van der Waals surface area (Å²) >= 11 is 1.07. The van der Waals surface area contributed by atoms with Gasteiger partial charge in [0, 0.05) is 11.3 Å². The predicted molar refractivity (Wildman–Crippen MR) is 86.7 cm³/mol. The number of sulfonamides is 1. The number of rotatable bonds is 3. The lowest BCUT2D eigenvalue weighted by Crippen LogP contribution is -2.33. The van der Waals surface area contributed by atoms with Crippen LogP contribution in [-0.2, 0) is 26.7 Å². The summed E-state index contributed by atoms with van der Waals surface area (Å²) in [7, 11) is -3.81. The van der Waals surface area contributed by atoms with Gasteiger partial charge in [0.1, 0.15) is 0 Å². The lowest BCUT2D eigenvalue weighted by atomic mass is 9.95. The molecule has 4 rings (SSSR count). The molecular formula is C16H16N2O3S2. The van der Waals surface area contributed by atoms with Gasteiger partial charge in [-0.05, 0) is 37.3 Å². The Labute approximate surface area is 138 Å². The van der Waals surface area contributed by atoms with E-state index in [4.69, 9.17) is 0 Å². The van der Waals surface area contributed by atoms with E-state index in [-0.39, 0.29) is 15.5 Å². The molecule has 2 aliphatic rings. The zero-order chi connectivity index (χ0) is 16.2. The Hall–Kier alpha value is -1.73. The molecule has 1 fully saturated rings. The van der Waals surface area contributed by atoms with Crippen molar-refractivity contribution in [2.75, 3.05) is 0 Å². The minimum atomic E-state index is -3.81. The number of carbonyl (C=O) groups is 1. The SMILES string of the molecule is Cc1ncc(S(=O)(=O)NC(=O)[C@@H]2C[C@@]23CCc2ccccc23)s1. The van der Waals surface area contributed by atoms with Gasteiger partial charge in [0.25, 0.3) is 10.0 Å². The second kappa shape index (κ2) is 4.88. The van der Waals surface area contributed by atoms with Crippen LogP contribution in [0.25, 0.3) is 0 Å². The van der Waals surface area contributed by atoms with Gasteiger partial charge in [0.15, 0.2) is 4.21 Å². The van der Waals surface area contributed by atoms with Crippen molar-refractivity contribution in [3.05, 3.63) is 46.6 Å². The predicted octanol–water partition coefficient (Wildman–Crippen LogP) is 2.16. The zero-order valence-corrected chi connectivity index (χ0v) is 14.2. The highest BCUT2D eigenvalue weighted by Crippen LogP contribution is 2.61. The van der Waals surface area contributed by atoms with E-state index in [0.717, 1.165) is 30.6 Å². The molecule has 2 aliphatic carbocycles. The summed E-state index contributed by atoms with van der Waals surface area (Å²) in [6.07, 6.45) is 3.90. The third-order valence-electron chi connectivity index (χ3n) is 4.89. The number of aromatic nitrogens is 1. The minimum Gasteiger partial charge on any atom is -0.274 e. The monoisotopic (exact) mass is 348 g/mol. The summed E-state index contributed by atoms with van der Waals surface area (Å²) in [5, 5.41) is 0.658. The summed E-state index contributed by atoms with van der Waals surface area (Å²) in [5.41, 5.74) is 2.34. The molecule has 1 aromatic heterocycles. The highest BCUT2D eigenvalue weighted by Gasteiger charge is 2.61. The fourth-order valence-corrected chi connectivity index (χ4v) is 5.79. The van der Waals surface area contributed by atoms with E-state index in [1.165, 1.54) is 17.3 Å². The molecule has 1 N–H and O–H groups in total. The molecule has 23 heavy (non-hydrogen) atoms. The van der Waals surface area contributed by atoms with Crippen LogP contribution in [0.1, 0.15) is 29.0 Å². The number of aryl methyl sites for hydroxylation is 2. The lowest BCUT2D eigenvalue weighted by Gasteiger charge is -2.11. The van der Waals surface area contributed by atoms with Crippen LogP contribution in [0.4, 0.5) is 0 Å². The second-order valence-electron chi connectivity index (χ2n) is 6.24. The summed E-state index contributed by atoms with van der Waals surface area (Å²) in [6.45, 7) is 1.73. The molecule has 2 atom stereocenters. The summed E-state index contributed by atoms with van der Waals surface area (Å²) in [6, 6.07) is 8.15. The first-order valence-electron chi connectivity index (χ1n) is 7.50. The van der Waals surface area contributed by atoms with E-state index < -0.39 is 15.9 Å². The third kappa shape index (κ3) is 2.30. The van der Waals surface area contributed by atoms with E-state index in [2.05, 4.69) is 21.8 Å². The first-order chi connectivity index (χ1) is 10.9. The molecule has 1 heterocycles. The number of fused-ring (bicyclic) bond motifs is 2. The van der Waals surface area contributed by atoms with Gasteiger partial charge in [-0.2, -0.15) is 0 Å². The van der Waals surface area contributed by atoms with Crippen LogP contribution in [0, 0.1) is 12.8 Å². The maximum absolute atomic E-state index is 12.5. The van der Waals surface area contributed by atoms with Gasteiger partial charge in [0.05, 0.1) is 11.2 Å². The average Bonchev–Trinajstić information content (AvgIpc) is 2.87. The van der Waals surface area contributed by atoms with Crippen molar-refractivity contribution in [2.45, 2.75) is 35.8 Å². The first kappa shape index (κ1) is 14.8. The Balaban J connectivity index is 1.54. The van der Waals surface area contributed by atoms with E-state index in [0.29, 0.717) is 5.01 Å². The Morgan fingerprint density at radius 2 is 2.17 bits per heavy atom.